The zero-order valence-corrected chi connectivity index (χ0v) is 14.2. The lowest BCUT2D eigenvalue weighted by Crippen LogP contribution is -2.08. The maximum atomic E-state index is 13.6. The van der Waals surface area contributed by atoms with Crippen LogP contribution in [0, 0.1) is 21.7 Å². The molecule has 0 atom stereocenters. The quantitative estimate of drug-likeness (QED) is 0.365. The zero-order valence-electron chi connectivity index (χ0n) is 13.0. The summed E-state index contributed by atoms with van der Waals surface area (Å²) in [6, 6.07) is 8.62. The fourth-order valence-electron chi connectivity index (χ4n) is 1.62. The zero-order chi connectivity index (χ0) is 17.6. The molecule has 23 heavy (non-hydrogen) atoms. The molecule has 0 N–H and O–H groups in total. The van der Waals surface area contributed by atoms with Gasteiger partial charge in [0.05, 0.1) is 22.6 Å². The van der Waals surface area contributed by atoms with Crippen LogP contribution in [-0.4, -0.2) is 19.5 Å². The van der Waals surface area contributed by atoms with Crippen molar-refractivity contribution in [3.8, 4) is 0 Å². The molecule has 0 aliphatic rings. The normalized spacial score (nSPS) is 10.0. The highest BCUT2D eigenvalue weighted by molar-refractivity contribution is 6.54. The molecule has 0 unspecified atom stereocenters. The molecule has 4 nitrogen and oxygen atoms in total. The third-order valence-electron chi connectivity index (χ3n) is 2.50. The molecule has 7 heteroatoms. The molecule has 0 bridgehead atoms. The highest BCUT2D eigenvalue weighted by Gasteiger charge is 2.23. The summed E-state index contributed by atoms with van der Waals surface area (Å²) in [4.78, 5) is 21.4. The number of halogens is 2. The van der Waals surface area contributed by atoms with Crippen LogP contribution in [0.25, 0.3) is 0 Å². The first-order valence-corrected chi connectivity index (χ1v) is 10.4. The van der Waals surface area contributed by atoms with Gasteiger partial charge in [-0.2, -0.15) is 0 Å². The van der Waals surface area contributed by atoms with Crippen molar-refractivity contribution in [2.45, 2.75) is 19.6 Å². The average molecular weight is 337 g/mol. The van der Waals surface area contributed by atoms with Gasteiger partial charge in [-0.05, 0) is 0 Å². The number of carbonyl (C=O) groups excluding carboxylic acids is 1. The molecule has 0 saturated heterocycles. The Hall–Kier alpha value is -2.41. The van der Waals surface area contributed by atoms with E-state index in [2.05, 4.69) is 19.6 Å². The van der Waals surface area contributed by atoms with Crippen LogP contribution in [0.3, 0.4) is 0 Å². The second kappa shape index (κ2) is 8.28. The van der Waals surface area contributed by atoms with Crippen molar-refractivity contribution in [3.05, 3.63) is 75.3 Å². The lowest BCUT2D eigenvalue weighted by molar-refractivity contribution is -0.385. The maximum Gasteiger partial charge on any atom is 0.275 e. The van der Waals surface area contributed by atoms with Crippen LogP contribution in [0.5, 0.6) is 0 Å². The summed E-state index contributed by atoms with van der Waals surface area (Å²) in [7, 11) is -0.139. The van der Waals surface area contributed by atoms with Gasteiger partial charge in [0.25, 0.3) is 5.69 Å². The Morgan fingerprint density at radius 3 is 1.87 bits per heavy atom. The van der Waals surface area contributed by atoms with Gasteiger partial charge in [0.1, 0.15) is 11.6 Å². The molecule has 2 aromatic rings. The second-order valence-electron chi connectivity index (χ2n) is 5.47. The molecule has 0 spiro atoms. The standard InChI is InChI=1S/C13H7F2NO3.C3H10Si/c14-10-6-9(16(18)19)7-11(15)12(10)13(17)8-4-2-1-3-5-8;1-4(2)3/h1-7H;4H,1-3H3. The van der Waals surface area contributed by atoms with Crippen molar-refractivity contribution in [1.82, 2.24) is 0 Å². The predicted octanol–water partition coefficient (Wildman–Crippen LogP) is 4.21. The van der Waals surface area contributed by atoms with Gasteiger partial charge in [-0.1, -0.05) is 50.0 Å². The number of ketones is 1. The van der Waals surface area contributed by atoms with E-state index in [0.29, 0.717) is 12.1 Å². The van der Waals surface area contributed by atoms with Crippen LogP contribution < -0.4 is 0 Å². The van der Waals surface area contributed by atoms with Gasteiger partial charge in [-0.15, -0.1) is 0 Å². The number of nitrogens with zero attached hydrogens (tertiary/aromatic N) is 1. The third kappa shape index (κ3) is 5.37. The Balaban J connectivity index is 0.000000593. The van der Waals surface area contributed by atoms with Crippen LogP contribution in [-0.2, 0) is 0 Å². The number of rotatable bonds is 3. The summed E-state index contributed by atoms with van der Waals surface area (Å²) in [6.07, 6.45) is 0. The minimum atomic E-state index is -1.25. The average Bonchev–Trinajstić information content (AvgIpc) is 2.46. The Kier molecular flexibility index (Phi) is 6.71. The van der Waals surface area contributed by atoms with Crippen molar-refractivity contribution < 1.29 is 18.5 Å². The Bertz CT molecular complexity index is 680. The Labute approximate surface area is 134 Å². The molecule has 122 valence electrons. The molecule has 0 amide bonds. The van der Waals surface area contributed by atoms with Crippen molar-refractivity contribution in [3.63, 3.8) is 0 Å². The summed E-state index contributed by atoms with van der Waals surface area (Å²) in [5.41, 5.74) is -1.43. The fraction of sp³-hybridized carbons (Fsp3) is 0.188. The van der Waals surface area contributed by atoms with Crippen LogP contribution in [0.2, 0.25) is 19.6 Å². The number of benzene rings is 2. The maximum absolute atomic E-state index is 13.6. The summed E-state index contributed by atoms with van der Waals surface area (Å²) < 4.78 is 27.3. The first-order valence-electron chi connectivity index (χ1n) is 6.97. The van der Waals surface area contributed by atoms with E-state index < -0.39 is 33.6 Å². The van der Waals surface area contributed by atoms with E-state index >= 15 is 0 Å². The van der Waals surface area contributed by atoms with E-state index in [4.69, 9.17) is 0 Å². The number of hydrogen-bond donors (Lipinski definition) is 0. The van der Waals surface area contributed by atoms with Crippen LogP contribution in [0.15, 0.2) is 42.5 Å². The minimum absolute atomic E-state index is 0.106. The first kappa shape index (κ1) is 18.6. The molecule has 2 rings (SSSR count). The van der Waals surface area contributed by atoms with Crippen LogP contribution >= 0.6 is 0 Å². The number of hydrogen-bond acceptors (Lipinski definition) is 3. The minimum Gasteiger partial charge on any atom is -0.288 e. The number of nitro groups is 1. The van der Waals surface area contributed by atoms with Crippen molar-refractivity contribution >= 4 is 20.3 Å². The fourth-order valence-corrected chi connectivity index (χ4v) is 1.62. The molecular weight excluding hydrogens is 320 g/mol. The van der Waals surface area contributed by atoms with E-state index in [9.17, 15) is 23.7 Å². The lowest BCUT2D eigenvalue weighted by atomic mass is 10.0. The molecule has 0 fully saturated rings. The van der Waals surface area contributed by atoms with Gasteiger partial charge in [0.15, 0.2) is 5.78 Å². The summed E-state index contributed by atoms with van der Waals surface area (Å²) in [5.74, 6) is -3.35. The molecule has 0 radical (unpaired) electrons. The third-order valence-corrected chi connectivity index (χ3v) is 2.50. The van der Waals surface area contributed by atoms with Gasteiger partial charge in [-0.25, -0.2) is 8.78 Å². The molecule has 0 aliphatic heterocycles. The van der Waals surface area contributed by atoms with Crippen LogP contribution in [0.1, 0.15) is 15.9 Å². The SMILES string of the molecule is C[SiH](C)C.O=C(c1ccccc1)c1c(F)cc([N+](=O)[O-])cc1F. The molecule has 0 heterocycles. The van der Waals surface area contributed by atoms with Gasteiger partial charge in [0.2, 0.25) is 0 Å². The molecule has 0 aromatic heterocycles. The molecule has 2 aromatic carbocycles. The Morgan fingerprint density at radius 2 is 1.48 bits per heavy atom. The van der Waals surface area contributed by atoms with E-state index in [-0.39, 0.29) is 14.4 Å². The summed E-state index contributed by atoms with van der Waals surface area (Å²) in [5, 5.41) is 10.4. The van der Waals surface area contributed by atoms with E-state index in [1.165, 1.54) is 12.1 Å². The molecule has 0 aliphatic carbocycles. The number of carbonyl (C=O) groups is 1. The number of non-ortho nitro benzene ring substituents is 1. The number of nitro benzene ring substituents is 1. The summed E-state index contributed by atoms with van der Waals surface area (Å²) >= 11 is 0. The topological polar surface area (TPSA) is 60.2 Å². The van der Waals surface area contributed by atoms with Crippen molar-refractivity contribution in [2.75, 3.05) is 0 Å². The first-order chi connectivity index (χ1) is 10.7. The predicted molar refractivity (Wildman–Crippen MR) is 87.6 cm³/mol. The highest BCUT2D eigenvalue weighted by Crippen LogP contribution is 2.23. The second-order valence-corrected chi connectivity index (χ2v) is 8.93. The van der Waals surface area contributed by atoms with Gasteiger partial charge in [-0.3, -0.25) is 14.9 Å². The van der Waals surface area contributed by atoms with Crippen molar-refractivity contribution in [1.29, 1.82) is 0 Å². The van der Waals surface area contributed by atoms with Crippen molar-refractivity contribution in [2.24, 2.45) is 0 Å². The highest BCUT2D eigenvalue weighted by atomic mass is 28.3. The molecule has 0 saturated carbocycles. The smallest absolute Gasteiger partial charge is 0.275 e. The van der Waals surface area contributed by atoms with E-state index in [0.717, 1.165) is 0 Å². The lowest BCUT2D eigenvalue weighted by Gasteiger charge is -2.04. The Morgan fingerprint density at radius 1 is 1.04 bits per heavy atom. The largest absolute Gasteiger partial charge is 0.288 e. The monoisotopic (exact) mass is 337 g/mol. The van der Waals surface area contributed by atoms with Gasteiger partial charge in [0, 0.05) is 14.4 Å². The molecular formula is C16H17F2NO3Si. The van der Waals surface area contributed by atoms with E-state index in [1.54, 1.807) is 18.2 Å². The van der Waals surface area contributed by atoms with Gasteiger partial charge < -0.3 is 0 Å². The van der Waals surface area contributed by atoms with Gasteiger partial charge >= 0.3 is 0 Å². The van der Waals surface area contributed by atoms with Crippen LogP contribution in [0.4, 0.5) is 14.5 Å². The van der Waals surface area contributed by atoms with E-state index in [1.807, 2.05) is 0 Å². The summed E-state index contributed by atoms with van der Waals surface area (Å²) in [6.45, 7) is 6.92.